The molecule has 3 heteroatoms. The molecule has 1 aromatic heterocycles. The largest absolute Gasteiger partial charge is 0.243 e. The average molecular weight is 326 g/mol. The van der Waals surface area contributed by atoms with Gasteiger partial charge in [0.15, 0.2) is 0 Å². The first-order valence-corrected chi connectivity index (χ1v) is 10.6. The summed E-state index contributed by atoms with van der Waals surface area (Å²) < 4.78 is 4.53. The third-order valence-electron chi connectivity index (χ3n) is 4.25. The molecule has 0 aliphatic heterocycles. The standard InChI is InChI=1S/C19H37N2S/c1-3-5-6-7-8-9-10-11-12-13-17-22-18-16-21-15-14-20(4-2)19-21/h14-15,19H,3-13,16-18H2,1-2H3/q+1. The van der Waals surface area contributed by atoms with Crippen LogP contribution in [0, 0.1) is 0 Å². The summed E-state index contributed by atoms with van der Waals surface area (Å²) in [7, 11) is 0. The van der Waals surface area contributed by atoms with Gasteiger partial charge in [-0.3, -0.25) is 0 Å². The van der Waals surface area contributed by atoms with Crippen LogP contribution in [0.1, 0.15) is 78.1 Å². The van der Waals surface area contributed by atoms with Gasteiger partial charge in [0.25, 0.3) is 0 Å². The lowest BCUT2D eigenvalue weighted by Crippen LogP contribution is -2.32. The Morgan fingerprint density at radius 1 is 0.818 bits per heavy atom. The smallest absolute Gasteiger partial charge is 0.237 e. The van der Waals surface area contributed by atoms with Crippen LogP contribution in [0.2, 0.25) is 0 Å². The lowest BCUT2D eigenvalue weighted by atomic mass is 10.1. The number of hydrogen-bond donors (Lipinski definition) is 0. The van der Waals surface area contributed by atoms with Crippen molar-refractivity contribution in [1.82, 2.24) is 4.57 Å². The Balaban J connectivity index is 1.78. The monoisotopic (exact) mass is 325 g/mol. The Hall–Kier alpha value is -0.440. The fraction of sp³-hybridized carbons (Fsp3) is 0.842. The van der Waals surface area contributed by atoms with Crippen LogP contribution in [-0.2, 0) is 13.1 Å². The van der Waals surface area contributed by atoms with Crippen LogP contribution in [0.5, 0.6) is 0 Å². The Morgan fingerprint density at radius 2 is 1.45 bits per heavy atom. The Morgan fingerprint density at radius 3 is 2.05 bits per heavy atom. The number of rotatable bonds is 15. The van der Waals surface area contributed by atoms with E-state index in [1.54, 1.807) is 0 Å². The molecule has 128 valence electrons. The van der Waals surface area contributed by atoms with Crippen LogP contribution in [0.3, 0.4) is 0 Å². The zero-order valence-corrected chi connectivity index (χ0v) is 15.8. The third-order valence-corrected chi connectivity index (χ3v) is 5.30. The van der Waals surface area contributed by atoms with Crippen molar-refractivity contribution in [1.29, 1.82) is 0 Å². The quantitative estimate of drug-likeness (QED) is 0.308. The molecule has 0 bridgehead atoms. The van der Waals surface area contributed by atoms with Gasteiger partial charge in [0.05, 0.1) is 13.1 Å². The van der Waals surface area contributed by atoms with Crippen molar-refractivity contribution in [2.45, 2.75) is 91.1 Å². The minimum atomic E-state index is 1.07. The van der Waals surface area contributed by atoms with Crippen molar-refractivity contribution < 1.29 is 4.57 Å². The Kier molecular flexibility index (Phi) is 12.6. The van der Waals surface area contributed by atoms with E-state index in [9.17, 15) is 0 Å². The molecule has 1 aromatic rings. The van der Waals surface area contributed by atoms with Gasteiger partial charge in [-0.05, 0) is 19.1 Å². The van der Waals surface area contributed by atoms with Crippen molar-refractivity contribution in [3.05, 3.63) is 18.7 Å². The molecule has 0 saturated carbocycles. The normalized spacial score (nSPS) is 11.2. The summed E-state index contributed by atoms with van der Waals surface area (Å²) >= 11 is 2.11. The highest BCUT2D eigenvalue weighted by atomic mass is 32.2. The molecule has 0 fully saturated rings. The van der Waals surface area contributed by atoms with Crippen LogP contribution >= 0.6 is 11.8 Å². The molecule has 0 saturated heterocycles. The summed E-state index contributed by atoms with van der Waals surface area (Å²) in [4.78, 5) is 0. The average Bonchev–Trinajstić information content (AvgIpc) is 3.00. The summed E-state index contributed by atoms with van der Waals surface area (Å²) in [5.41, 5.74) is 0. The molecule has 0 amide bonds. The molecule has 0 unspecified atom stereocenters. The molecule has 2 nitrogen and oxygen atoms in total. The van der Waals surface area contributed by atoms with E-state index in [1.165, 1.54) is 75.7 Å². The van der Waals surface area contributed by atoms with Crippen molar-refractivity contribution >= 4 is 11.8 Å². The van der Waals surface area contributed by atoms with E-state index in [4.69, 9.17) is 0 Å². The first-order chi connectivity index (χ1) is 10.9. The number of nitrogens with zero attached hydrogens (tertiary/aromatic N) is 2. The van der Waals surface area contributed by atoms with Crippen molar-refractivity contribution in [3.8, 4) is 0 Å². The minimum absolute atomic E-state index is 1.07. The zero-order valence-electron chi connectivity index (χ0n) is 14.9. The molecular weight excluding hydrogens is 288 g/mol. The summed E-state index contributed by atoms with van der Waals surface area (Å²) in [5, 5.41) is 0. The van der Waals surface area contributed by atoms with E-state index in [2.05, 4.69) is 53.5 Å². The highest BCUT2D eigenvalue weighted by Gasteiger charge is 2.01. The van der Waals surface area contributed by atoms with E-state index in [1.807, 2.05) is 0 Å². The number of imidazole rings is 1. The number of thioether (sulfide) groups is 1. The predicted octanol–water partition coefficient (Wildman–Crippen LogP) is 5.45. The van der Waals surface area contributed by atoms with Crippen LogP contribution in [0.25, 0.3) is 0 Å². The van der Waals surface area contributed by atoms with Crippen LogP contribution < -0.4 is 4.57 Å². The second kappa shape index (κ2) is 14.2. The molecule has 0 aromatic carbocycles. The fourth-order valence-electron chi connectivity index (χ4n) is 2.72. The lowest BCUT2D eigenvalue weighted by molar-refractivity contribution is -0.691. The first kappa shape index (κ1) is 19.6. The van der Waals surface area contributed by atoms with Crippen molar-refractivity contribution in [2.24, 2.45) is 0 Å². The van der Waals surface area contributed by atoms with Gasteiger partial charge >= 0.3 is 0 Å². The van der Waals surface area contributed by atoms with Crippen molar-refractivity contribution in [3.63, 3.8) is 0 Å². The van der Waals surface area contributed by atoms with E-state index >= 15 is 0 Å². The summed E-state index contributed by atoms with van der Waals surface area (Å²) in [6.45, 7) is 6.69. The van der Waals surface area contributed by atoms with E-state index < -0.39 is 0 Å². The molecular formula is C19H37N2S+. The molecule has 0 N–H and O–H groups in total. The Labute approximate surface area is 142 Å². The molecule has 0 spiro atoms. The van der Waals surface area contributed by atoms with Gasteiger partial charge in [-0.1, -0.05) is 64.7 Å². The second-order valence-corrected chi connectivity index (χ2v) is 7.50. The molecule has 0 aliphatic rings. The third kappa shape index (κ3) is 10.3. The molecule has 22 heavy (non-hydrogen) atoms. The van der Waals surface area contributed by atoms with Gasteiger partial charge in [0.2, 0.25) is 6.33 Å². The molecule has 0 radical (unpaired) electrons. The number of unbranched alkanes of at least 4 members (excludes halogenated alkanes) is 9. The molecule has 0 atom stereocenters. The maximum absolute atomic E-state index is 2.30. The van der Waals surface area contributed by atoms with Gasteiger partial charge < -0.3 is 0 Å². The van der Waals surface area contributed by atoms with Gasteiger partial charge in [0.1, 0.15) is 12.4 Å². The van der Waals surface area contributed by atoms with Gasteiger partial charge in [-0.2, -0.15) is 11.8 Å². The van der Waals surface area contributed by atoms with E-state index in [-0.39, 0.29) is 0 Å². The van der Waals surface area contributed by atoms with Crippen molar-refractivity contribution in [2.75, 3.05) is 11.5 Å². The van der Waals surface area contributed by atoms with Gasteiger partial charge in [-0.15, -0.1) is 0 Å². The summed E-state index contributed by atoms with van der Waals surface area (Å²) in [5.74, 6) is 2.58. The van der Waals surface area contributed by atoms with Crippen LogP contribution in [0.4, 0.5) is 0 Å². The molecule has 0 aliphatic carbocycles. The second-order valence-electron chi connectivity index (χ2n) is 6.28. The first-order valence-electron chi connectivity index (χ1n) is 9.49. The van der Waals surface area contributed by atoms with Crippen LogP contribution in [-0.4, -0.2) is 16.1 Å². The maximum Gasteiger partial charge on any atom is 0.243 e. The predicted molar refractivity (Wildman–Crippen MR) is 99.5 cm³/mol. The van der Waals surface area contributed by atoms with Crippen LogP contribution in [0.15, 0.2) is 18.7 Å². The topological polar surface area (TPSA) is 8.81 Å². The lowest BCUT2D eigenvalue weighted by Gasteiger charge is -2.02. The summed E-state index contributed by atoms with van der Waals surface area (Å²) in [6.07, 6.45) is 20.9. The van der Waals surface area contributed by atoms with E-state index in [0.29, 0.717) is 0 Å². The van der Waals surface area contributed by atoms with Gasteiger partial charge in [0, 0.05) is 5.75 Å². The highest BCUT2D eigenvalue weighted by molar-refractivity contribution is 7.99. The fourth-order valence-corrected chi connectivity index (χ4v) is 3.67. The highest BCUT2D eigenvalue weighted by Crippen LogP contribution is 2.12. The summed E-state index contributed by atoms with van der Waals surface area (Å²) in [6, 6.07) is 0. The molecule has 1 rings (SSSR count). The maximum atomic E-state index is 2.30. The van der Waals surface area contributed by atoms with Gasteiger partial charge in [-0.25, -0.2) is 9.13 Å². The Bertz CT molecular complexity index is 349. The molecule has 1 heterocycles. The number of aromatic nitrogens is 2. The number of aryl methyl sites for hydroxylation is 2. The van der Waals surface area contributed by atoms with E-state index in [0.717, 1.165) is 13.1 Å². The number of hydrogen-bond acceptors (Lipinski definition) is 1. The SMILES string of the molecule is CCCCCCCCCCCCSCC[n+]1ccn(CC)c1. The zero-order chi connectivity index (χ0) is 15.9. The minimum Gasteiger partial charge on any atom is -0.237 e.